The van der Waals surface area contributed by atoms with Crippen LogP contribution >= 0.6 is 0 Å². The quantitative estimate of drug-likeness (QED) is 0.601. The van der Waals surface area contributed by atoms with Crippen LogP contribution in [0, 0.1) is 0 Å². The van der Waals surface area contributed by atoms with Crippen LogP contribution in [0.4, 0.5) is 36.8 Å². The van der Waals surface area contributed by atoms with Gasteiger partial charge in [-0.3, -0.25) is 10.1 Å². The summed E-state index contributed by atoms with van der Waals surface area (Å²) in [6.07, 6.45) is -12.5. The van der Waals surface area contributed by atoms with Gasteiger partial charge in [0.2, 0.25) is 0 Å². The van der Waals surface area contributed by atoms with Crippen LogP contribution in [-0.4, -0.2) is 25.3 Å². The number of rotatable bonds is 5. The van der Waals surface area contributed by atoms with Gasteiger partial charge in [0.25, 0.3) is 0 Å². The van der Waals surface area contributed by atoms with Gasteiger partial charge in [0.15, 0.2) is 0 Å². The first-order valence-electron chi connectivity index (χ1n) is 7.30. The van der Waals surface area contributed by atoms with E-state index in [1.807, 2.05) is 5.32 Å². The lowest BCUT2D eigenvalue weighted by Crippen LogP contribution is -2.21. The van der Waals surface area contributed by atoms with Crippen molar-refractivity contribution in [3.8, 4) is 0 Å². The van der Waals surface area contributed by atoms with Crippen molar-refractivity contribution in [2.45, 2.75) is 32.6 Å². The van der Waals surface area contributed by atoms with E-state index in [0.717, 1.165) is 0 Å². The SMILES string of the molecule is CCOC(=O)Cc1c(NC(=O)OCC)cc(C(F)(F)F)cc1C(F)(F)F. The second kappa shape index (κ2) is 8.28. The smallest absolute Gasteiger partial charge is 0.416 e. The summed E-state index contributed by atoms with van der Waals surface area (Å²) in [6.45, 7) is 2.51. The summed E-state index contributed by atoms with van der Waals surface area (Å²) in [6, 6.07) is 0.186. The van der Waals surface area contributed by atoms with Crippen molar-refractivity contribution in [2.75, 3.05) is 18.5 Å². The molecule has 1 N–H and O–H groups in total. The third kappa shape index (κ3) is 5.81. The van der Waals surface area contributed by atoms with E-state index in [1.165, 1.54) is 13.8 Å². The van der Waals surface area contributed by atoms with Gasteiger partial charge in [0, 0.05) is 5.69 Å². The van der Waals surface area contributed by atoms with Gasteiger partial charge >= 0.3 is 24.4 Å². The average Bonchev–Trinajstić information content (AvgIpc) is 2.46. The number of hydrogen-bond donors (Lipinski definition) is 1. The maximum absolute atomic E-state index is 13.3. The first-order valence-corrected chi connectivity index (χ1v) is 7.30. The molecule has 0 aliphatic rings. The Bertz CT molecular complexity index is 669. The number of benzene rings is 1. The van der Waals surface area contributed by atoms with Crippen molar-refractivity contribution in [3.05, 3.63) is 28.8 Å². The van der Waals surface area contributed by atoms with Crippen LogP contribution in [0.1, 0.15) is 30.5 Å². The largest absolute Gasteiger partial charge is 0.466 e. The van der Waals surface area contributed by atoms with E-state index in [2.05, 4.69) is 9.47 Å². The molecule has 0 bridgehead atoms. The lowest BCUT2D eigenvalue weighted by molar-refractivity contribution is -0.144. The van der Waals surface area contributed by atoms with Crippen molar-refractivity contribution >= 4 is 17.7 Å². The molecular formula is C15H15F6NO4. The second-order valence-corrected chi connectivity index (χ2v) is 4.87. The zero-order valence-electron chi connectivity index (χ0n) is 13.7. The van der Waals surface area contributed by atoms with Crippen molar-refractivity contribution in [1.82, 2.24) is 0 Å². The molecule has 0 atom stereocenters. The van der Waals surface area contributed by atoms with Crippen molar-refractivity contribution in [1.29, 1.82) is 0 Å². The number of nitrogens with one attached hydrogen (secondary N) is 1. The van der Waals surface area contributed by atoms with E-state index < -0.39 is 53.2 Å². The minimum Gasteiger partial charge on any atom is -0.466 e. The average molecular weight is 387 g/mol. The lowest BCUT2D eigenvalue weighted by Gasteiger charge is -2.20. The molecule has 146 valence electrons. The first kappa shape index (κ1) is 21.6. The van der Waals surface area contributed by atoms with Gasteiger partial charge in [-0.15, -0.1) is 0 Å². The van der Waals surface area contributed by atoms with Crippen LogP contribution < -0.4 is 5.32 Å². The Balaban J connectivity index is 3.57. The molecule has 0 heterocycles. The van der Waals surface area contributed by atoms with Gasteiger partial charge in [0.1, 0.15) is 0 Å². The molecule has 1 aromatic rings. The van der Waals surface area contributed by atoms with E-state index in [1.54, 1.807) is 0 Å². The second-order valence-electron chi connectivity index (χ2n) is 4.87. The van der Waals surface area contributed by atoms with Gasteiger partial charge in [-0.25, -0.2) is 4.79 Å². The molecule has 0 spiro atoms. The predicted octanol–water partition coefficient (Wildman–Crippen LogP) is 4.40. The van der Waals surface area contributed by atoms with Crippen LogP contribution in [0.15, 0.2) is 12.1 Å². The van der Waals surface area contributed by atoms with E-state index in [4.69, 9.17) is 0 Å². The molecule has 1 rings (SSSR count). The molecule has 0 aromatic heterocycles. The number of ether oxygens (including phenoxy) is 2. The molecule has 0 aliphatic carbocycles. The van der Waals surface area contributed by atoms with Gasteiger partial charge in [-0.1, -0.05) is 0 Å². The summed E-state index contributed by atoms with van der Waals surface area (Å²) in [5.74, 6) is -1.09. The highest BCUT2D eigenvalue weighted by Crippen LogP contribution is 2.41. The number of amides is 1. The minimum absolute atomic E-state index is 0.120. The molecule has 26 heavy (non-hydrogen) atoms. The molecule has 11 heteroatoms. The number of anilines is 1. The molecule has 0 unspecified atom stereocenters. The third-order valence-corrected chi connectivity index (χ3v) is 3.02. The number of carbonyl (C=O) groups excluding carboxylic acids is 2. The number of esters is 1. The zero-order chi connectivity index (χ0) is 20.1. The normalized spacial score (nSPS) is 11.8. The van der Waals surface area contributed by atoms with E-state index >= 15 is 0 Å². The van der Waals surface area contributed by atoms with Crippen molar-refractivity contribution in [2.24, 2.45) is 0 Å². The maximum Gasteiger partial charge on any atom is 0.416 e. The highest BCUT2D eigenvalue weighted by molar-refractivity contribution is 5.88. The van der Waals surface area contributed by atoms with Gasteiger partial charge < -0.3 is 9.47 Å². The van der Waals surface area contributed by atoms with Gasteiger partial charge in [-0.2, -0.15) is 26.3 Å². The molecule has 0 fully saturated rings. The zero-order valence-corrected chi connectivity index (χ0v) is 13.7. The first-order chi connectivity index (χ1) is 11.9. The fourth-order valence-electron chi connectivity index (χ4n) is 2.02. The highest BCUT2D eigenvalue weighted by Gasteiger charge is 2.40. The predicted molar refractivity (Wildman–Crippen MR) is 77.4 cm³/mol. The summed E-state index contributed by atoms with van der Waals surface area (Å²) >= 11 is 0. The van der Waals surface area contributed by atoms with Gasteiger partial charge in [-0.05, 0) is 31.5 Å². The Hall–Kier alpha value is -2.46. The van der Waals surface area contributed by atoms with E-state index in [-0.39, 0.29) is 19.3 Å². The molecule has 1 amide bonds. The summed E-state index contributed by atoms with van der Waals surface area (Å²) < 4.78 is 87.6. The molecular weight excluding hydrogens is 372 g/mol. The van der Waals surface area contributed by atoms with Crippen LogP contribution in [0.25, 0.3) is 0 Å². The summed E-state index contributed by atoms with van der Waals surface area (Å²) in [5, 5.41) is 1.81. The maximum atomic E-state index is 13.3. The topological polar surface area (TPSA) is 64.6 Å². The third-order valence-electron chi connectivity index (χ3n) is 3.02. The molecule has 5 nitrogen and oxygen atoms in total. The van der Waals surface area contributed by atoms with Crippen LogP contribution in [0.3, 0.4) is 0 Å². The summed E-state index contributed by atoms with van der Waals surface area (Å²) in [5.41, 5.74) is -5.02. The number of alkyl halides is 6. The summed E-state index contributed by atoms with van der Waals surface area (Å²) in [7, 11) is 0. The highest BCUT2D eigenvalue weighted by atomic mass is 19.4. The molecule has 0 saturated heterocycles. The molecule has 0 saturated carbocycles. The Morgan fingerprint density at radius 2 is 1.54 bits per heavy atom. The fraction of sp³-hybridized carbons (Fsp3) is 0.467. The summed E-state index contributed by atoms with van der Waals surface area (Å²) in [4.78, 5) is 23.1. The fourth-order valence-corrected chi connectivity index (χ4v) is 2.02. The van der Waals surface area contributed by atoms with E-state index in [9.17, 15) is 35.9 Å². The van der Waals surface area contributed by atoms with E-state index in [0.29, 0.717) is 6.07 Å². The molecule has 1 aromatic carbocycles. The van der Waals surface area contributed by atoms with Crippen LogP contribution in [-0.2, 0) is 33.0 Å². The Kier molecular flexibility index (Phi) is 6.87. The number of hydrogen-bond acceptors (Lipinski definition) is 4. The Labute approximate surface area is 144 Å². The van der Waals surface area contributed by atoms with Crippen molar-refractivity contribution < 1.29 is 45.4 Å². The number of halogens is 6. The van der Waals surface area contributed by atoms with Gasteiger partial charge in [0.05, 0.1) is 30.8 Å². The lowest BCUT2D eigenvalue weighted by atomic mass is 9.98. The van der Waals surface area contributed by atoms with Crippen LogP contribution in [0.2, 0.25) is 0 Å². The Morgan fingerprint density at radius 3 is 2.00 bits per heavy atom. The minimum atomic E-state index is -5.20. The molecule has 0 radical (unpaired) electrons. The van der Waals surface area contributed by atoms with Crippen molar-refractivity contribution in [3.63, 3.8) is 0 Å². The number of carbonyl (C=O) groups is 2. The van der Waals surface area contributed by atoms with Crippen LogP contribution in [0.5, 0.6) is 0 Å². The standard InChI is InChI=1S/C15H15F6NO4/c1-3-25-12(23)7-9-10(15(19,20)21)5-8(14(16,17)18)6-11(9)22-13(24)26-4-2/h5-6H,3-4,7H2,1-2H3,(H,22,24). The monoisotopic (exact) mass is 387 g/mol. The molecule has 0 aliphatic heterocycles. The Morgan fingerprint density at radius 1 is 0.962 bits per heavy atom.